The first-order chi connectivity index (χ1) is 9.31. The Labute approximate surface area is 128 Å². The van der Waals surface area contributed by atoms with Crippen molar-refractivity contribution in [2.75, 3.05) is 19.6 Å². The van der Waals surface area contributed by atoms with Crippen molar-refractivity contribution in [2.24, 2.45) is 0 Å². The van der Waals surface area contributed by atoms with Gasteiger partial charge in [-0.15, -0.1) is 12.4 Å². The highest BCUT2D eigenvalue weighted by Crippen LogP contribution is 2.10. The molecule has 1 N–H and O–H groups in total. The predicted molar refractivity (Wildman–Crippen MR) is 85.3 cm³/mol. The van der Waals surface area contributed by atoms with Gasteiger partial charge in [-0.05, 0) is 38.3 Å². The second-order valence-electron chi connectivity index (χ2n) is 5.16. The first kappa shape index (κ1) is 17.0. The second kappa shape index (κ2) is 8.98. The van der Waals surface area contributed by atoms with Gasteiger partial charge < -0.3 is 10.2 Å². The summed E-state index contributed by atoms with van der Waals surface area (Å²) in [6, 6.07) is 10.4. The SMILES string of the molecule is CCN(CCc1ccccc1)C(=O)C1CCCCN1.Cl. The number of benzene rings is 1. The number of piperidine rings is 1. The molecule has 112 valence electrons. The summed E-state index contributed by atoms with van der Waals surface area (Å²) in [7, 11) is 0. The summed E-state index contributed by atoms with van der Waals surface area (Å²) >= 11 is 0. The first-order valence-corrected chi connectivity index (χ1v) is 7.37. The normalized spacial score (nSPS) is 18.1. The highest BCUT2D eigenvalue weighted by atomic mass is 35.5. The minimum absolute atomic E-state index is 0. The van der Waals surface area contributed by atoms with Gasteiger partial charge in [0.25, 0.3) is 0 Å². The van der Waals surface area contributed by atoms with Gasteiger partial charge in [0.15, 0.2) is 0 Å². The average molecular weight is 297 g/mol. The van der Waals surface area contributed by atoms with Crippen molar-refractivity contribution in [1.29, 1.82) is 0 Å². The Morgan fingerprint density at radius 2 is 2.05 bits per heavy atom. The number of hydrogen-bond acceptors (Lipinski definition) is 2. The molecule has 0 saturated carbocycles. The third-order valence-electron chi connectivity index (χ3n) is 3.82. The standard InChI is InChI=1S/C16H24N2O.ClH/c1-2-18(13-11-14-8-4-3-5-9-14)16(19)15-10-6-7-12-17-15;/h3-5,8-9,15,17H,2,6-7,10-13H2,1H3;1H. The third kappa shape index (κ3) is 4.80. The van der Waals surface area contributed by atoms with E-state index in [0.717, 1.165) is 32.5 Å². The molecule has 1 aliphatic heterocycles. The highest BCUT2D eigenvalue weighted by Gasteiger charge is 2.24. The molecule has 1 aromatic rings. The fraction of sp³-hybridized carbons (Fsp3) is 0.562. The van der Waals surface area contributed by atoms with Crippen molar-refractivity contribution >= 4 is 18.3 Å². The molecule has 3 nitrogen and oxygen atoms in total. The van der Waals surface area contributed by atoms with Gasteiger partial charge in [0, 0.05) is 13.1 Å². The maximum absolute atomic E-state index is 12.4. The lowest BCUT2D eigenvalue weighted by atomic mass is 10.0. The van der Waals surface area contributed by atoms with Crippen molar-refractivity contribution in [1.82, 2.24) is 10.2 Å². The van der Waals surface area contributed by atoms with Crippen molar-refractivity contribution in [3.05, 3.63) is 35.9 Å². The van der Waals surface area contributed by atoms with E-state index in [9.17, 15) is 4.79 Å². The summed E-state index contributed by atoms with van der Waals surface area (Å²) in [4.78, 5) is 14.4. The molecule has 1 aromatic carbocycles. The number of rotatable bonds is 5. The lowest BCUT2D eigenvalue weighted by Gasteiger charge is -2.29. The zero-order chi connectivity index (χ0) is 13.5. The molecule has 1 amide bonds. The van der Waals surface area contributed by atoms with Gasteiger partial charge in [-0.2, -0.15) is 0 Å². The van der Waals surface area contributed by atoms with Gasteiger partial charge in [-0.1, -0.05) is 36.8 Å². The molecule has 0 bridgehead atoms. The fourth-order valence-electron chi connectivity index (χ4n) is 2.62. The molecule has 0 spiro atoms. The number of carbonyl (C=O) groups excluding carboxylic acids is 1. The molecular weight excluding hydrogens is 272 g/mol. The summed E-state index contributed by atoms with van der Waals surface area (Å²) in [5.74, 6) is 0.276. The number of hydrogen-bond donors (Lipinski definition) is 1. The van der Waals surface area contributed by atoms with E-state index >= 15 is 0 Å². The van der Waals surface area contributed by atoms with E-state index < -0.39 is 0 Å². The molecule has 20 heavy (non-hydrogen) atoms. The van der Waals surface area contributed by atoms with Crippen LogP contribution in [0.1, 0.15) is 31.7 Å². The fourth-order valence-corrected chi connectivity index (χ4v) is 2.62. The maximum atomic E-state index is 12.4. The van der Waals surface area contributed by atoms with Crippen molar-refractivity contribution in [2.45, 2.75) is 38.6 Å². The van der Waals surface area contributed by atoms with Gasteiger partial charge in [0.1, 0.15) is 0 Å². The van der Waals surface area contributed by atoms with E-state index in [4.69, 9.17) is 0 Å². The van der Waals surface area contributed by atoms with Crippen molar-refractivity contribution in [3.8, 4) is 0 Å². The molecule has 1 fully saturated rings. The number of amides is 1. The Balaban J connectivity index is 0.00000200. The number of nitrogens with one attached hydrogen (secondary N) is 1. The molecule has 1 atom stereocenters. The molecular formula is C16H25ClN2O. The summed E-state index contributed by atoms with van der Waals surface area (Å²) < 4.78 is 0. The Morgan fingerprint density at radius 1 is 1.30 bits per heavy atom. The lowest BCUT2D eigenvalue weighted by Crippen LogP contribution is -2.49. The molecule has 0 radical (unpaired) electrons. The number of nitrogens with zero attached hydrogens (tertiary/aromatic N) is 1. The molecule has 0 aromatic heterocycles. The Kier molecular flexibility index (Phi) is 7.63. The molecule has 1 heterocycles. The van der Waals surface area contributed by atoms with Crippen LogP contribution in [0.5, 0.6) is 0 Å². The van der Waals surface area contributed by atoms with Crippen molar-refractivity contribution < 1.29 is 4.79 Å². The molecule has 0 aliphatic carbocycles. The van der Waals surface area contributed by atoms with E-state index in [1.54, 1.807) is 0 Å². The van der Waals surface area contributed by atoms with Crippen LogP contribution in [0.2, 0.25) is 0 Å². The van der Waals surface area contributed by atoms with E-state index in [-0.39, 0.29) is 24.4 Å². The van der Waals surface area contributed by atoms with Crippen LogP contribution in [0.15, 0.2) is 30.3 Å². The van der Waals surface area contributed by atoms with Crippen LogP contribution in [-0.4, -0.2) is 36.5 Å². The van der Waals surface area contributed by atoms with Crippen LogP contribution in [-0.2, 0) is 11.2 Å². The predicted octanol–water partition coefficient (Wildman–Crippen LogP) is 2.64. The zero-order valence-electron chi connectivity index (χ0n) is 12.2. The smallest absolute Gasteiger partial charge is 0.239 e. The van der Waals surface area contributed by atoms with Crippen LogP contribution >= 0.6 is 12.4 Å². The Morgan fingerprint density at radius 3 is 2.65 bits per heavy atom. The topological polar surface area (TPSA) is 32.3 Å². The lowest BCUT2D eigenvalue weighted by molar-refractivity contribution is -0.133. The molecule has 1 unspecified atom stereocenters. The number of halogens is 1. The summed E-state index contributed by atoms with van der Waals surface area (Å²) in [6.07, 6.45) is 4.29. The van der Waals surface area contributed by atoms with Gasteiger partial charge in [-0.3, -0.25) is 4.79 Å². The van der Waals surface area contributed by atoms with E-state index in [2.05, 4.69) is 36.5 Å². The zero-order valence-corrected chi connectivity index (χ0v) is 13.0. The minimum Gasteiger partial charge on any atom is -0.341 e. The Bertz CT molecular complexity index is 391. The first-order valence-electron chi connectivity index (χ1n) is 7.37. The van der Waals surface area contributed by atoms with Crippen molar-refractivity contribution in [3.63, 3.8) is 0 Å². The van der Waals surface area contributed by atoms with E-state index in [0.29, 0.717) is 0 Å². The second-order valence-corrected chi connectivity index (χ2v) is 5.16. The largest absolute Gasteiger partial charge is 0.341 e. The minimum atomic E-state index is 0. The Hall–Kier alpha value is -1.06. The van der Waals surface area contributed by atoms with Gasteiger partial charge in [0.05, 0.1) is 6.04 Å². The number of likely N-dealkylation sites (N-methyl/N-ethyl adjacent to an activating group) is 1. The van der Waals surface area contributed by atoms with Crippen LogP contribution in [0.25, 0.3) is 0 Å². The summed E-state index contributed by atoms with van der Waals surface area (Å²) in [6.45, 7) is 4.65. The molecule has 1 saturated heterocycles. The van der Waals surface area contributed by atoms with Crippen LogP contribution in [0.4, 0.5) is 0 Å². The average Bonchev–Trinajstić information content (AvgIpc) is 2.49. The van der Waals surface area contributed by atoms with Gasteiger partial charge >= 0.3 is 0 Å². The molecule has 2 rings (SSSR count). The molecule has 4 heteroatoms. The highest BCUT2D eigenvalue weighted by molar-refractivity contribution is 5.85. The van der Waals surface area contributed by atoms with Crippen LogP contribution < -0.4 is 5.32 Å². The number of carbonyl (C=O) groups is 1. The van der Waals surface area contributed by atoms with E-state index in [1.165, 1.54) is 18.4 Å². The quantitative estimate of drug-likeness (QED) is 0.906. The van der Waals surface area contributed by atoms with Crippen LogP contribution in [0.3, 0.4) is 0 Å². The summed E-state index contributed by atoms with van der Waals surface area (Å²) in [5.41, 5.74) is 1.30. The maximum Gasteiger partial charge on any atom is 0.239 e. The van der Waals surface area contributed by atoms with Crippen LogP contribution in [0, 0.1) is 0 Å². The monoisotopic (exact) mass is 296 g/mol. The summed E-state index contributed by atoms with van der Waals surface area (Å²) in [5, 5.41) is 3.34. The molecule has 1 aliphatic rings. The third-order valence-corrected chi connectivity index (χ3v) is 3.82. The van der Waals surface area contributed by atoms with E-state index in [1.807, 2.05) is 11.0 Å². The van der Waals surface area contributed by atoms with Gasteiger partial charge in [-0.25, -0.2) is 0 Å². The van der Waals surface area contributed by atoms with Gasteiger partial charge in [0.2, 0.25) is 5.91 Å².